The summed E-state index contributed by atoms with van der Waals surface area (Å²) in [4.78, 5) is 14.0. The smallest absolute Gasteiger partial charge is 0.214 e. The third-order valence-electron chi connectivity index (χ3n) is 3.85. The van der Waals surface area contributed by atoms with E-state index in [1.807, 2.05) is 54.7 Å². The van der Waals surface area contributed by atoms with Crippen LogP contribution in [0.1, 0.15) is 17.0 Å². The third-order valence-corrected chi connectivity index (χ3v) is 3.85. The molecule has 1 aromatic heterocycles. The number of hydrogen-bond donors (Lipinski definition) is 1. The van der Waals surface area contributed by atoms with Crippen molar-refractivity contribution in [2.24, 2.45) is 0 Å². The number of H-pyrrole nitrogens is 1. The molecule has 0 amide bonds. The minimum atomic E-state index is -0.294. The van der Waals surface area contributed by atoms with Crippen molar-refractivity contribution in [2.45, 2.75) is 5.92 Å². The molecule has 5 heteroatoms. The van der Waals surface area contributed by atoms with Crippen molar-refractivity contribution in [1.29, 1.82) is 0 Å². The Morgan fingerprint density at radius 3 is 2.59 bits per heavy atom. The van der Waals surface area contributed by atoms with Crippen LogP contribution in [0.15, 0.2) is 54.7 Å². The zero-order valence-electron chi connectivity index (χ0n) is 12.2. The number of methoxy groups -OCH3 is 1. The highest BCUT2D eigenvalue weighted by Crippen LogP contribution is 2.31. The van der Waals surface area contributed by atoms with Crippen LogP contribution >= 0.6 is 0 Å². The van der Waals surface area contributed by atoms with Crippen LogP contribution in [0.3, 0.4) is 0 Å². The maximum Gasteiger partial charge on any atom is 0.214 e. The van der Waals surface area contributed by atoms with Crippen LogP contribution in [0.2, 0.25) is 0 Å². The number of nitrogens with one attached hydrogen (secondary N) is 1. The number of aromatic amines is 1. The molecule has 3 rings (SSSR count). The molecule has 0 saturated carbocycles. The van der Waals surface area contributed by atoms with Crippen molar-refractivity contribution in [1.82, 2.24) is 4.98 Å². The fraction of sp³-hybridized carbons (Fsp3) is 0.176. The third kappa shape index (κ3) is 2.65. The van der Waals surface area contributed by atoms with Crippen molar-refractivity contribution in [2.75, 3.05) is 13.7 Å². The fourth-order valence-corrected chi connectivity index (χ4v) is 2.75. The second-order valence-electron chi connectivity index (χ2n) is 5.13. The lowest BCUT2D eigenvalue weighted by Crippen LogP contribution is -2.13. The molecule has 0 bridgehead atoms. The lowest BCUT2D eigenvalue weighted by atomic mass is 9.91. The quantitative estimate of drug-likeness (QED) is 0.578. The standard InChI is InChI=1S/C17H16N2O3/c1-22-13-8-6-12(7-9-13)16(11-19(20)21)15-10-18-17-5-3-2-4-14(15)17/h2-10,16,18H,11H2,1H3/t16-/m1/s1. The van der Waals surface area contributed by atoms with Gasteiger partial charge in [0.25, 0.3) is 0 Å². The van der Waals surface area contributed by atoms with Gasteiger partial charge in [0, 0.05) is 22.0 Å². The molecule has 0 aliphatic heterocycles. The molecule has 0 unspecified atom stereocenters. The largest absolute Gasteiger partial charge is 0.497 e. The van der Waals surface area contributed by atoms with Gasteiger partial charge >= 0.3 is 0 Å². The van der Waals surface area contributed by atoms with Crippen LogP contribution in [-0.4, -0.2) is 23.6 Å². The first-order valence-electron chi connectivity index (χ1n) is 7.01. The highest BCUT2D eigenvalue weighted by Gasteiger charge is 2.23. The molecule has 112 valence electrons. The van der Waals surface area contributed by atoms with Gasteiger partial charge in [-0.15, -0.1) is 0 Å². The van der Waals surface area contributed by atoms with Gasteiger partial charge in [0.2, 0.25) is 6.54 Å². The van der Waals surface area contributed by atoms with E-state index in [-0.39, 0.29) is 17.4 Å². The minimum Gasteiger partial charge on any atom is -0.497 e. The molecule has 3 aromatic rings. The first-order chi connectivity index (χ1) is 10.7. The Kier molecular flexibility index (Phi) is 3.78. The molecular weight excluding hydrogens is 280 g/mol. The van der Waals surface area contributed by atoms with E-state index in [1.54, 1.807) is 7.11 Å². The second-order valence-corrected chi connectivity index (χ2v) is 5.13. The van der Waals surface area contributed by atoms with Gasteiger partial charge in [0.1, 0.15) is 5.75 Å². The van der Waals surface area contributed by atoms with Crippen molar-refractivity contribution < 1.29 is 9.66 Å². The highest BCUT2D eigenvalue weighted by molar-refractivity contribution is 5.84. The lowest BCUT2D eigenvalue weighted by Gasteiger charge is -2.13. The van der Waals surface area contributed by atoms with Gasteiger partial charge in [-0.1, -0.05) is 30.3 Å². The Balaban J connectivity index is 2.07. The molecule has 0 radical (unpaired) electrons. The highest BCUT2D eigenvalue weighted by atomic mass is 16.6. The van der Waals surface area contributed by atoms with Crippen LogP contribution in [0.25, 0.3) is 10.9 Å². The number of para-hydroxylation sites is 1. The van der Waals surface area contributed by atoms with E-state index in [2.05, 4.69) is 4.98 Å². The molecule has 0 saturated heterocycles. The van der Waals surface area contributed by atoms with Gasteiger partial charge in [-0.05, 0) is 29.3 Å². The molecule has 22 heavy (non-hydrogen) atoms. The number of fused-ring (bicyclic) bond motifs is 1. The number of benzene rings is 2. The summed E-state index contributed by atoms with van der Waals surface area (Å²) in [5.74, 6) is 0.444. The Bertz CT molecular complexity index is 793. The van der Waals surface area contributed by atoms with Gasteiger partial charge in [-0.3, -0.25) is 10.1 Å². The fourth-order valence-electron chi connectivity index (χ4n) is 2.75. The lowest BCUT2D eigenvalue weighted by molar-refractivity contribution is -0.481. The zero-order chi connectivity index (χ0) is 15.5. The van der Waals surface area contributed by atoms with Crippen LogP contribution < -0.4 is 4.74 Å². The van der Waals surface area contributed by atoms with Crippen molar-refractivity contribution in [3.05, 3.63) is 76.0 Å². The Morgan fingerprint density at radius 1 is 1.18 bits per heavy atom. The molecule has 1 atom stereocenters. The monoisotopic (exact) mass is 296 g/mol. The van der Waals surface area contributed by atoms with E-state index in [9.17, 15) is 10.1 Å². The molecule has 5 nitrogen and oxygen atoms in total. The summed E-state index contributed by atoms with van der Waals surface area (Å²) in [5.41, 5.74) is 2.83. The predicted octanol–water partition coefficient (Wildman–Crippen LogP) is 3.59. The molecule has 0 fully saturated rings. The van der Waals surface area contributed by atoms with Gasteiger partial charge in [0.05, 0.1) is 13.0 Å². The normalized spacial score (nSPS) is 12.2. The van der Waals surface area contributed by atoms with Crippen LogP contribution in [-0.2, 0) is 0 Å². The van der Waals surface area contributed by atoms with Crippen LogP contribution in [0.4, 0.5) is 0 Å². The maximum atomic E-state index is 11.1. The predicted molar refractivity (Wildman–Crippen MR) is 85.0 cm³/mol. The van der Waals surface area contributed by atoms with E-state index in [0.717, 1.165) is 27.8 Å². The number of rotatable bonds is 5. The summed E-state index contributed by atoms with van der Waals surface area (Å²) in [6.07, 6.45) is 1.86. The summed E-state index contributed by atoms with van der Waals surface area (Å²) in [6, 6.07) is 15.3. The van der Waals surface area contributed by atoms with E-state index in [1.165, 1.54) is 0 Å². The first-order valence-corrected chi connectivity index (χ1v) is 7.01. The molecule has 2 aromatic carbocycles. The first kappa shape index (κ1) is 14.1. The van der Waals surface area contributed by atoms with E-state index in [0.29, 0.717) is 0 Å². The summed E-state index contributed by atoms with van der Waals surface area (Å²) in [5, 5.41) is 12.1. The Morgan fingerprint density at radius 2 is 1.91 bits per heavy atom. The minimum absolute atomic E-state index is 0.145. The van der Waals surface area contributed by atoms with E-state index in [4.69, 9.17) is 4.74 Å². The number of nitro groups is 1. The second kappa shape index (κ2) is 5.89. The molecule has 1 heterocycles. The summed E-state index contributed by atoms with van der Waals surface area (Å²) in [6.45, 7) is -0.145. The maximum absolute atomic E-state index is 11.1. The van der Waals surface area contributed by atoms with Gasteiger partial charge in [-0.25, -0.2) is 0 Å². The number of hydrogen-bond acceptors (Lipinski definition) is 3. The van der Waals surface area contributed by atoms with Gasteiger partial charge in [-0.2, -0.15) is 0 Å². The summed E-state index contributed by atoms with van der Waals surface area (Å²) < 4.78 is 5.15. The average molecular weight is 296 g/mol. The molecule has 0 aliphatic carbocycles. The summed E-state index contributed by atoms with van der Waals surface area (Å²) >= 11 is 0. The van der Waals surface area contributed by atoms with Crippen LogP contribution in [0.5, 0.6) is 5.75 Å². The van der Waals surface area contributed by atoms with Crippen LogP contribution in [0, 0.1) is 10.1 Å². The number of ether oxygens (including phenoxy) is 1. The Hall–Kier alpha value is -2.82. The Labute approximate surface area is 127 Å². The SMILES string of the molecule is COc1ccc([C@@H](C[N+](=O)[O-])c2c[nH]c3ccccc23)cc1. The van der Waals surface area contributed by atoms with E-state index >= 15 is 0 Å². The van der Waals surface area contributed by atoms with Gasteiger partial charge < -0.3 is 9.72 Å². The zero-order valence-corrected chi connectivity index (χ0v) is 12.2. The molecular formula is C17H16N2O3. The molecule has 1 N–H and O–H groups in total. The van der Waals surface area contributed by atoms with Crippen molar-refractivity contribution in [3.63, 3.8) is 0 Å². The van der Waals surface area contributed by atoms with E-state index < -0.39 is 0 Å². The molecule has 0 aliphatic rings. The average Bonchev–Trinajstić information content (AvgIpc) is 2.96. The number of nitrogens with zero attached hydrogens (tertiary/aromatic N) is 1. The van der Waals surface area contributed by atoms with Gasteiger partial charge in [0.15, 0.2) is 0 Å². The molecule has 0 spiro atoms. The van der Waals surface area contributed by atoms with Crippen molar-refractivity contribution >= 4 is 10.9 Å². The van der Waals surface area contributed by atoms with Crippen molar-refractivity contribution in [3.8, 4) is 5.75 Å². The summed E-state index contributed by atoms with van der Waals surface area (Å²) in [7, 11) is 1.60. The number of aromatic nitrogens is 1. The topological polar surface area (TPSA) is 68.2 Å².